The Labute approximate surface area is 273 Å². The van der Waals surface area contributed by atoms with E-state index in [9.17, 15) is 14.3 Å². The molecule has 8 heteroatoms. The van der Waals surface area contributed by atoms with E-state index in [1.807, 2.05) is 26.8 Å². The lowest BCUT2D eigenvalue weighted by Crippen LogP contribution is -2.61. The summed E-state index contributed by atoms with van der Waals surface area (Å²) in [5.74, 6) is -0.330. The van der Waals surface area contributed by atoms with Gasteiger partial charge < -0.3 is 20.2 Å². The summed E-state index contributed by atoms with van der Waals surface area (Å²) >= 11 is 0. The summed E-state index contributed by atoms with van der Waals surface area (Å²) in [6, 6.07) is 12.7. The molecule has 3 rings (SSSR count). The van der Waals surface area contributed by atoms with E-state index in [0.717, 1.165) is 24.1 Å². The first-order valence-electron chi connectivity index (χ1n) is 16.5. The minimum Gasteiger partial charge on any atom is -0.465 e. The van der Waals surface area contributed by atoms with Gasteiger partial charge in [0, 0.05) is 29.4 Å². The van der Waals surface area contributed by atoms with E-state index in [2.05, 4.69) is 97.3 Å². The van der Waals surface area contributed by atoms with Crippen LogP contribution in [0, 0.1) is 11.2 Å². The zero-order chi connectivity index (χ0) is 34.2. The predicted molar refractivity (Wildman–Crippen MR) is 188 cm³/mol. The molecule has 1 heterocycles. The highest BCUT2D eigenvalue weighted by Crippen LogP contribution is 2.41. The first-order chi connectivity index (χ1) is 20.4. The minimum absolute atomic E-state index is 0.0458. The lowest BCUT2D eigenvalue weighted by atomic mass is 9.82. The largest absolute Gasteiger partial charge is 0.465 e. The van der Waals surface area contributed by atoms with Gasteiger partial charge in [0.2, 0.25) is 0 Å². The van der Waals surface area contributed by atoms with Crippen LogP contribution in [-0.4, -0.2) is 54.2 Å². The van der Waals surface area contributed by atoms with Gasteiger partial charge in [0.15, 0.2) is 8.32 Å². The molecule has 0 saturated heterocycles. The Kier molecular flexibility index (Phi) is 11.0. The average Bonchev–Trinajstić information content (AvgIpc) is 2.83. The first-order valence-corrected chi connectivity index (χ1v) is 19.4. The molecule has 252 valence electrons. The molecule has 0 bridgehead atoms. The second-order valence-corrected chi connectivity index (χ2v) is 22.2. The Balaban J connectivity index is 2.10. The molecule has 3 N–H and O–H groups in total. The highest BCUT2D eigenvalue weighted by molar-refractivity contribution is 6.74. The zero-order valence-corrected chi connectivity index (χ0v) is 31.2. The fourth-order valence-electron chi connectivity index (χ4n) is 6.25. The quantitative estimate of drug-likeness (QED) is 0.226. The van der Waals surface area contributed by atoms with E-state index in [0.29, 0.717) is 13.0 Å². The van der Waals surface area contributed by atoms with Crippen molar-refractivity contribution >= 4 is 20.1 Å². The number of carboxylic acid groups (broad SMARTS) is 1. The van der Waals surface area contributed by atoms with Crippen LogP contribution in [0.4, 0.5) is 14.9 Å². The second kappa shape index (κ2) is 13.4. The number of nitrogens with one attached hydrogen (secondary N) is 2. The third kappa shape index (κ3) is 10.0. The minimum atomic E-state index is -2.37. The molecule has 1 amide bonds. The lowest BCUT2D eigenvalue weighted by molar-refractivity contribution is 0.0115. The molecule has 0 saturated carbocycles. The molecule has 0 spiro atoms. The summed E-state index contributed by atoms with van der Waals surface area (Å²) in [6.45, 7) is 28.4. The molecule has 0 unspecified atom stereocenters. The van der Waals surface area contributed by atoms with E-state index in [4.69, 9.17) is 4.43 Å². The van der Waals surface area contributed by atoms with Gasteiger partial charge >= 0.3 is 6.09 Å². The van der Waals surface area contributed by atoms with Crippen LogP contribution in [0.1, 0.15) is 105 Å². The fourth-order valence-corrected chi connectivity index (χ4v) is 7.60. The summed E-state index contributed by atoms with van der Waals surface area (Å²) < 4.78 is 21.6. The molecule has 1 aliphatic heterocycles. The van der Waals surface area contributed by atoms with Crippen LogP contribution in [0.25, 0.3) is 0 Å². The SMILES string of the molecule is CC(C)(C)Cc1ccc2c(c1)[C@@H](NC[C@@H](O[Si](C)(C)C(C)(C)C)[C@H](Cc1cccc(F)c1)N(C(=O)O)C(C)(C)C)CC(C)(C)N2. The number of fused-ring (bicyclic) bond motifs is 1. The van der Waals surface area contributed by atoms with E-state index in [1.54, 1.807) is 6.07 Å². The number of hydrogen-bond acceptors (Lipinski definition) is 4. The Bertz CT molecular complexity index is 1320. The van der Waals surface area contributed by atoms with Crippen molar-refractivity contribution in [2.45, 2.75) is 143 Å². The topological polar surface area (TPSA) is 73.8 Å². The molecular formula is C37H60FN3O3Si. The van der Waals surface area contributed by atoms with Gasteiger partial charge in [0.05, 0.1) is 12.1 Å². The van der Waals surface area contributed by atoms with Gasteiger partial charge in [0.25, 0.3) is 0 Å². The Hall–Kier alpha value is -2.42. The Morgan fingerprint density at radius 2 is 1.71 bits per heavy atom. The third-order valence-electron chi connectivity index (χ3n) is 9.25. The summed E-state index contributed by atoms with van der Waals surface area (Å²) in [5, 5.41) is 18.2. The van der Waals surface area contributed by atoms with E-state index >= 15 is 0 Å². The number of nitrogens with zero attached hydrogens (tertiary/aromatic N) is 1. The first kappa shape index (κ1) is 37.0. The molecule has 0 aromatic heterocycles. The predicted octanol–water partition coefficient (Wildman–Crippen LogP) is 9.42. The molecule has 0 radical (unpaired) electrons. The number of hydrogen-bond donors (Lipinski definition) is 3. The average molecular weight is 642 g/mol. The molecule has 3 atom stereocenters. The van der Waals surface area contributed by atoms with Crippen LogP contribution in [0.3, 0.4) is 0 Å². The Morgan fingerprint density at radius 1 is 1.07 bits per heavy atom. The maximum atomic E-state index is 14.4. The van der Waals surface area contributed by atoms with Crippen molar-refractivity contribution in [1.29, 1.82) is 0 Å². The fraction of sp³-hybridized carbons (Fsp3) is 0.649. The summed E-state index contributed by atoms with van der Waals surface area (Å²) in [7, 11) is -2.37. The molecule has 1 aliphatic rings. The molecule has 2 aromatic rings. The highest BCUT2D eigenvalue weighted by Gasteiger charge is 2.45. The van der Waals surface area contributed by atoms with Crippen LogP contribution in [0.5, 0.6) is 0 Å². The van der Waals surface area contributed by atoms with Gasteiger partial charge in [-0.05, 0) is 112 Å². The second-order valence-electron chi connectivity index (χ2n) is 17.5. The molecule has 6 nitrogen and oxygen atoms in total. The molecule has 2 aromatic carbocycles. The van der Waals surface area contributed by atoms with E-state index in [1.165, 1.54) is 28.2 Å². The monoisotopic (exact) mass is 641 g/mol. The Morgan fingerprint density at radius 3 is 2.24 bits per heavy atom. The van der Waals surface area contributed by atoms with Crippen LogP contribution in [-0.2, 0) is 17.3 Å². The van der Waals surface area contributed by atoms with Crippen LogP contribution < -0.4 is 10.6 Å². The zero-order valence-electron chi connectivity index (χ0n) is 30.2. The van der Waals surface area contributed by atoms with Crippen molar-refractivity contribution in [3.05, 3.63) is 65.0 Å². The number of carbonyl (C=O) groups is 1. The summed E-state index contributed by atoms with van der Waals surface area (Å²) in [6.07, 6.45) is 0.702. The summed E-state index contributed by atoms with van der Waals surface area (Å²) in [5.41, 5.74) is 3.74. The van der Waals surface area contributed by atoms with Gasteiger partial charge in [-0.1, -0.05) is 65.8 Å². The number of anilines is 1. The molecule has 0 aliphatic carbocycles. The highest BCUT2D eigenvalue weighted by atomic mass is 28.4. The smallest absolute Gasteiger partial charge is 0.408 e. The van der Waals surface area contributed by atoms with Gasteiger partial charge in [-0.3, -0.25) is 4.90 Å². The van der Waals surface area contributed by atoms with Gasteiger partial charge in [0.1, 0.15) is 5.82 Å². The van der Waals surface area contributed by atoms with Crippen molar-refractivity contribution in [1.82, 2.24) is 10.2 Å². The molecule has 45 heavy (non-hydrogen) atoms. The number of benzene rings is 2. The normalized spacial score (nSPS) is 18.5. The molecular weight excluding hydrogens is 582 g/mol. The molecule has 0 fully saturated rings. The van der Waals surface area contributed by atoms with Crippen LogP contribution >= 0.6 is 0 Å². The third-order valence-corrected chi connectivity index (χ3v) is 13.8. The maximum Gasteiger partial charge on any atom is 0.408 e. The standard InChI is InChI=1S/C37H60FN3O3Si/c1-34(2,3)22-26-17-18-29-28(20-26)30(23-37(10,11)40-29)39-24-32(44-45(12,13)36(7,8)9)31(41(33(42)43)35(4,5)6)21-25-15-14-16-27(38)19-25/h14-20,30-32,39-40H,21-24H2,1-13H3,(H,42,43)/t30-,31-,32+/m0/s1. The van der Waals surface area contributed by atoms with Gasteiger partial charge in [-0.15, -0.1) is 0 Å². The van der Waals surface area contributed by atoms with Crippen LogP contribution in [0.15, 0.2) is 42.5 Å². The van der Waals surface area contributed by atoms with Gasteiger partial charge in [-0.25, -0.2) is 9.18 Å². The maximum absolute atomic E-state index is 14.4. The number of halogens is 1. The van der Waals surface area contributed by atoms with E-state index < -0.39 is 32.1 Å². The van der Waals surface area contributed by atoms with Crippen molar-refractivity contribution in [2.75, 3.05) is 11.9 Å². The van der Waals surface area contributed by atoms with Crippen molar-refractivity contribution in [3.63, 3.8) is 0 Å². The number of amides is 1. The van der Waals surface area contributed by atoms with Crippen molar-refractivity contribution < 1.29 is 18.7 Å². The van der Waals surface area contributed by atoms with E-state index in [-0.39, 0.29) is 27.9 Å². The van der Waals surface area contributed by atoms with Gasteiger partial charge in [-0.2, -0.15) is 0 Å². The number of rotatable bonds is 10. The van der Waals surface area contributed by atoms with Crippen LogP contribution in [0.2, 0.25) is 18.1 Å². The lowest BCUT2D eigenvalue weighted by Gasteiger charge is -2.48. The summed E-state index contributed by atoms with van der Waals surface area (Å²) in [4.78, 5) is 14.5. The van der Waals surface area contributed by atoms with Crippen molar-refractivity contribution in [2.24, 2.45) is 5.41 Å². The van der Waals surface area contributed by atoms with Crippen molar-refractivity contribution in [3.8, 4) is 0 Å².